The molecule has 7 heteroatoms. The number of halogens is 2. The van der Waals surface area contributed by atoms with Crippen LogP contribution in [0.1, 0.15) is 10.5 Å². The number of pyridine rings is 1. The van der Waals surface area contributed by atoms with Crippen molar-refractivity contribution in [1.29, 1.82) is 0 Å². The Labute approximate surface area is 118 Å². The first-order chi connectivity index (χ1) is 9.97. The number of nitrogens with zero attached hydrogens (tertiary/aromatic N) is 1. The standard InChI is InChI=1S/C14H10F2N2O3/c15-9-3-1-8(2-4-9)10-6-17-12(5-11(10)16)14(21)18-7-13(19)20/h1-6H,7H2,(H,18,21)(H,19,20). The molecule has 2 aromatic rings. The number of aliphatic carboxylic acids is 1. The zero-order valence-corrected chi connectivity index (χ0v) is 10.6. The molecule has 0 saturated heterocycles. The summed E-state index contributed by atoms with van der Waals surface area (Å²) in [6, 6.07) is 6.04. The van der Waals surface area contributed by atoms with Crippen LogP contribution in [-0.2, 0) is 4.79 Å². The van der Waals surface area contributed by atoms with Gasteiger partial charge in [0.15, 0.2) is 0 Å². The molecule has 0 spiro atoms. The summed E-state index contributed by atoms with van der Waals surface area (Å²) in [7, 11) is 0. The molecule has 1 amide bonds. The van der Waals surface area contributed by atoms with Gasteiger partial charge in [-0.3, -0.25) is 14.6 Å². The average Bonchev–Trinajstić information content (AvgIpc) is 2.45. The third-order valence-corrected chi connectivity index (χ3v) is 2.64. The highest BCUT2D eigenvalue weighted by Crippen LogP contribution is 2.22. The van der Waals surface area contributed by atoms with E-state index in [-0.39, 0.29) is 11.3 Å². The molecule has 0 aliphatic heterocycles. The van der Waals surface area contributed by atoms with Crippen LogP contribution in [0, 0.1) is 11.6 Å². The lowest BCUT2D eigenvalue weighted by Gasteiger charge is -2.06. The van der Waals surface area contributed by atoms with Crippen LogP contribution in [0.2, 0.25) is 0 Å². The van der Waals surface area contributed by atoms with Crippen LogP contribution in [-0.4, -0.2) is 28.5 Å². The number of rotatable bonds is 4. The zero-order chi connectivity index (χ0) is 15.4. The van der Waals surface area contributed by atoms with Gasteiger partial charge in [0.05, 0.1) is 0 Å². The number of carboxylic acids is 1. The van der Waals surface area contributed by atoms with Crippen molar-refractivity contribution >= 4 is 11.9 Å². The van der Waals surface area contributed by atoms with Crippen molar-refractivity contribution in [2.75, 3.05) is 6.54 Å². The van der Waals surface area contributed by atoms with Crippen LogP contribution in [0.15, 0.2) is 36.5 Å². The van der Waals surface area contributed by atoms with E-state index < -0.39 is 30.1 Å². The second-order valence-corrected chi connectivity index (χ2v) is 4.13. The number of benzene rings is 1. The average molecular weight is 292 g/mol. The largest absolute Gasteiger partial charge is 0.480 e. The van der Waals surface area contributed by atoms with Crippen LogP contribution in [0.5, 0.6) is 0 Å². The Kier molecular flexibility index (Phi) is 4.22. The maximum absolute atomic E-state index is 14.0. The molecule has 0 fully saturated rings. The Bertz CT molecular complexity index is 687. The van der Waals surface area contributed by atoms with Crippen molar-refractivity contribution < 1.29 is 23.5 Å². The van der Waals surface area contributed by atoms with E-state index in [2.05, 4.69) is 10.3 Å². The lowest BCUT2D eigenvalue weighted by Crippen LogP contribution is -2.29. The molecular formula is C14H10F2N2O3. The second kappa shape index (κ2) is 6.08. The fourth-order valence-corrected chi connectivity index (χ4v) is 1.64. The normalized spacial score (nSPS) is 10.2. The molecule has 0 atom stereocenters. The van der Waals surface area contributed by atoms with Gasteiger partial charge in [0.1, 0.15) is 23.9 Å². The summed E-state index contributed by atoms with van der Waals surface area (Å²) in [4.78, 5) is 25.6. The first-order valence-electron chi connectivity index (χ1n) is 5.89. The third kappa shape index (κ3) is 3.59. The highest BCUT2D eigenvalue weighted by atomic mass is 19.1. The molecule has 0 unspecified atom stereocenters. The summed E-state index contributed by atoms with van der Waals surface area (Å²) in [5.41, 5.74) is 0.295. The molecule has 21 heavy (non-hydrogen) atoms. The molecule has 1 heterocycles. The van der Waals surface area contributed by atoms with Gasteiger partial charge in [-0.2, -0.15) is 0 Å². The molecular weight excluding hydrogens is 282 g/mol. The smallest absolute Gasteiger partial charge is 0.322 e. The number of aromatic nitrogens is 1. The Morgan fingerprint density at radius 2 is 1.86 bits per heavy atom. The summed E-state index contributed by atoms with van der Waals surface area (Å²) in [5, 5.41) is 10.5. The van der Waals surface area contributed by atoms with Crippen LogP contribution in [0.25, 0.3) is 11.1 Å². The molecule has 0 saturated carbocycles. The van der Waals surface area contributed by atoms with Gasteiger partial charge in [0.25, 0.3) is 5.91 Å². The molecule has 1 aromatic heterocycles. The van der Waals surface area contributed by atoms with Gasteiger partial charge >= 0.3 is 5.97 Å². The Balaban J connectivity index is 2.23. The second-order valence-electron chi connectivity index (χ2n) is 4.13. The van der Waals surface area contributed by atoms with E-state index >= 15 is 0 Å². The van der Waals surface area contributed by atoms with Gasteiger partial charge in [-0.15, -0.1) is 0 Å². The van der Waals surface area contributed by atoms with Crippen LogP contribution in [0.3, 0.4) is 0 Å². The van der Waals surface area contributed by atoms with E-state index in [1.54, 1.807) is 0 Å². The summed E-state index contributed by atoms with van der Waals surface area (Å²) in [5.74, 6) is -3.16. The fraction of sp³-hybridized carbons (Fsp3) is 0.0714. The summed E-state index contributed by atoms with van der Waals surface area (Å²) in [6.45, 7) is -0.582. The number of carboxylic acid groups (broad SMARTS) is 1. The van der Waals surface area contributed by atoms with E-state index in [1.807, 2.05) is 0 Å². The number of amides is 1. The molecule has 0 bridgehead atoms. The van der Waals surface area contributed by atoms with Crippen molar-refractivity contribution in [2.24, 2.45) is 0 Å². The molecule has 108 valence electrons. The van der Waals surface area contributed by atoms with E-state index in [4.69, 9.17) is 5.11 Å². The monoisotopic (exact) mass is 292 g/mol. The predicted octanol–water partition coefficient (Wildman–Crippen LogP) is 1.84. The predicted molar refractivity (Wildman–Crippen MR) is 69.6 cm³/mol. The van der Waals surface area contributed by atoms with Crippen molar-refractivity contribution in [3.63, 3.8) is 0 Å². The number of carbonyl (C=O) groups excluding carboxylic acids is 1. The van der Waals surface area contributed by atoms with Gasteiger partial charge in [-0.1, -0.05) is 12.1 Å². The minimum absolute atomic E-state index is 0.116. The van der Waals surface area contributed by atoms with Crippen molar-refractivity contribution in [2.45, 2.75) is 0 Å². The van der Waals surface area contributed by atoms with Crippen molar-refractivity contribution in [1.82, 2.24) is 10.3 Å². The minimum Gasteiger partial charge on any atom is -0.480 e. The molecule has 0 aliphatic rings. The van der Waals surface area contributed by atoms with Crippen LogP contribution < -0.4 is 5.32 Å². The van der Waals surface area contributed by atoms with Crippen molar-refractivity contribution in [3.05, 3.63) is 53.9 Å². The first-order valence-corrected chi connectivity index (χ1v) is 5.89. The van der Waals surface area contributed by atoms with Gasteiger partial charge in [-0.05, 0) is 17.7 Å². The Hall–Kier alpha value is -2.83. The number of hydrogen-bond acceptors (Lipinski definition) is 3. The first kappa shape index (κ1) is 14.6. The lowest BCUT2D eigenvalue weighted by atomic mass is 10.1. The number of carbonyl (C=O) groups is 2. The number of hydrogen-bond donors (Lipinski definition) is 2. The maximum Gasteiger partial charge on any atom is 0.322 e. The lowest BCUT2D eigenvalue weighted by molar-refractivity contribution is -0.135. The fourth-order valence-electron chi connectivity index (χ4n) is 1.64. The van der Waals surface area contributed by atoms with Gasteiger partial charge in [0, 0.05) is 17.8 Å². The molecule has 0 aliphatic carbocycles. The van der Waals surface area contributed by atoms with Gasteiger partial charge < -0.3 is 10.4 Å². The van der Waals surface area contributed by atoms with Gasteiger partial charge in [0.2, 0.25) is 0 Å². The van der Waals surface area contributed by atoms with Crippen LogP contribution in [0.4, 0.5) is 8.78 Å². The summed E-state index contributed by atoms with van der Waals surface area (Å²) < 4.78 is 26.8. The van der Waals surface area contributed by atoms with E-state index in [0.29, 0.717) is 5.56 Å². The Morgan fingerprint density at radius 1 is 1.19 bits per heavy atom. The van der Waals surface area contributed by atoms with Crippen LogP contribution >= 0.6 is 0 Å². The van der Waals surface area contributed by atoms with Crippen molar-refractivity contribution in [3.8, 4) is 11.1 Å². The molecule has 5 nitrogen and oxygen atoms in total. The highest BCUT2D eigenvalue weighted by molar-refractivity contribution is 5.94. The van der Waals surface area contributed by atoms with E-state index in [9.17, 15) is 18.4 Å². The third-order valence-electron chi connectivity index (χ3n) is 2.64. The topological polar surface area (TPSA) is 79.3 Å². The summed E-state index contributed by atoms with van der Waals surface area (Å²) >= 11 is 0. The minimum atomic E-state index is -1.22. The Morgan fingerprint density at radius 3 is 2.43 bits per heavy atom. The quantitative estimate of drug-likeness (QED) is 0.901. The maximum atomic E-state index is 14.0. The van der Waals surface area contributed by atoms with Gasteiger partial charge in [-0.25, -0.2) is 8.78 Å². The molecule has 2 N–H and O–H groups in total. The molecule has 1 aromatic carbocycles. The molecule has 2 rings (SSSR count). The SMILES string of the molecule is O=C(O)CNC(=O)c1cc(F)c(-c2ccc(F)cc2)cn1. The number of nitrogens with one attached hydrogen (secondary N) is 1. The summed E-state index contributed by atoms with van der Waals surface area (Å²) in [6.07, 6.45) is 1.14. The molecule has 0 radical (unpaired) electrons. The van der Waals surface area contributed by atoms with E-state index in [0.717, 1.165) is 12.3 Å². The van der Waals surface area contributed by atoms with E-state index in [1.165, 1.54) is 24.3 Å². The highest BCUT2D eigenvalue weighted by Gasteiger charge is 2.13. The zero-order valence-electron chi connectivity index (χ0n) is 10.6.